The largest absolute Gasteiger partial charge is 0.349 e. The topological polar surface area (TPSA) is 44.8 Å². The number of hydrogen-bond acceptors (Lipinski definition) is 4. The first-order chi connectivity index (χ1) is 10.7. The lowest BCUT2D eigenvalue weighted by atomic mass is 9.91. The van der Waals surface area contributed by atoms with E-state index in [1.807, 2.05) is 4.90 Å². The molecular weight excluding hydrogens is 278 g/mol. The van der Waals surface area contributed by atoms with Crippen molar-refractivity contribution in [2.45, 2.75) is 31.2 Å². The van der Waals surface area contributed by atoms with Crippen LogP contribution >= 0.6 is 0 Å². The van der Waals surface area contributed by atoms with Crippen molar-refractivity contribution < 1.29 is 9.53 Å². The maximum absolute atomic E-state index is 12.0. The standard InChI is InChI=1S/C17H23N3O2/c21-15-10-18-11-16-20(15)13-17(22-16)6-8-19(9-7-17)12-14-4-2-1-3-5-14/h1-5,16,18H,6-13H2. The summed E-state index contributed by atoms with van der Waals surface area (Å²) in [6.45, 7) is 5.08. The Morgan fingerprint density at radius 3 is 2.73 bits per heavy atom. The fourth-order valence-electron chi connectivity index (χ4n) is 3.84. The smallest absolute Gasteiger partial charge is 0.238 e. The molecule has 1 aromatic carbocycles. The molecule has 3 aliphatic heterocycles. The van der Waals surface area contributed by atoms with Gasteiger partial charge in [-0.25, -0.2) is 0 Å². The van der Waals surface area contributed by atoms with Crippen LogP contribution in [0.5, 0.6) is 0 Å². The van der Waals surface area contributed by atoms with Gasteiger partial charge in [0.05, 0.1) is 18.7 Å². The minimum absolute atomic E-state index is 0.0538. The first-order valence-electron chi connectivity index (χ1n) is 8.18. The molecule has 0 saturated carbocycles. The molecule has 1 amide bonds. The van der Waals surface area contributed by atoms with Gasteiger partial charge in [-0.1, -0.05) is 30.3 Å². The summed E-state index contributed by atoms with van der Waals surface area (Å²) in [5, 5.41) is 3.14. The fourth-order valence-corrected chi connectivity index (χ4v) is 3.84. The number of piperidine rings is 1. The zero-order valence-electron chi connectivity index (χ0n) is 12.8. The van der Waals surface area contributed by atoms with E-state index >= 15 is 0 Å². The summed E-state index contributed by atoms with van der Waals surface area (Å²) < 4.78 is 6.28. The highest BCUT2D eigenvalue weighted by molar-refractivity contribution is 5.79. The number of amides is 1. The summed E-state index contributed by atoms with van der Waals surface area (Å²) in [6, 6.07) is 10.6. The summed E-state index contributed by atoms with van der Waals surface area (Å²) in [5.41, 5.74) is 1.25. The third-order valence-electron chi connectivity index (χ3n) is 5.12. The predicted molar refractivity (Wildman–Crippen MR) is 83.1 cm³/mol. The van der Waals surface area contributed by atoms with E-state index in [1.54, 1.807) is 0 Å². The van der Waals surface area contributed by atoms with E-state index < -0.39 is 0 Å². The van der Waals surface area contributed by atoms with Crippen molar-refractivity contribution in [2.75, 3.05) is 32.7 Å². The summed E-state index contributed by atoms with van der Waals surface area (Å²) in [4.78, 5) is 16.4. The Labute approximate surface area is 131 Å². The van der Waals surface area contributed by atoms with Crippen LogP contribution in [-0.4, -0.2) is 60.3 Å². The van der Waals surface area contributed by atoms with Gasteiger partial charge >= 0.3 is 0 Å². The van der Waals surface area contributed by atoms with Crippen LogP contribution < -0.4 is 5.32 Å². The second-order valence-corrected chi connectivity index (χ2v) is 6.67. The molecule has 22 heavy (non-hydrogen) atoms. The Morgan fingerprint density at radius 1 is 1.23 bits per heavy atom. The second-order valence-electron chi connectivity index (χ2n) is 6.67. The van der Waals surface area contributed by atoms with Gasteiger partial charge in [0.25, 0.3) is 0 Å². The minimum Gasteiger partial charge on any atom is -0.349 e. The average Bonchev–Trinajstić information content (AvgIpc) is 2.91. The summed E-state index contributed by atoms with van der Waals surface area (Å²) >= 11 is 0. The van der Waals surface area contributed by atoms with Crippen molar-refractivity contribution in [3.05, 3.63) is 35.9 Å². The molecule has 3 fully saturated rings. The fraction of sp³-hybridized carbons (Fsp3) is 0.588. The Balaban J connectivity index is 1.37. The van der Waals surface area contributed by atoms with Gasteiger partial charge in [0.2, 0.25) is 5.91 Å². The molecule has 3 aliphatic rings. The Morgan fingerprint density at radius 2 is 2.00 bits per heavy atom. The van der Waals surface area contributed by atoms with E-state index in [4.69, 9.17) is 4.74 Å². The molecule has 5 heteroatoms. The Bertz CT molecular complexity index is 540. The van der Waals surface area contributed by atoms with Crippen LogP contribution in [0.25, 0.3) is 0 Å². The van der Waals surface area contributed by atoms with Crippen molar-refractivity contribution in [1.29, 1.82) is 0 Å². The number of rotatable bonds is 2. The van der Waals surface area contributed by atoms with Gasteiger partial charge in [-0.3, -0.25) is 9.69 Å². The Kier molecular flexibility index (Phi) is 3.64. The van der Waals surface area contributed by atoms with Crippen LogP contribution in [0, 0.1) is 0 Å². The molecule has 4 rings (SSSR count). The monoisotopic (exact) mass is 301 g/mol. The molecule has 1 aromatic rings. The molecule has 1 atom stereocenters. The number of carbonyl (C=O) groups is 1. The molecule has 0 radical (unpaired) electrons. The van der Waals surface area contributed by atoms with E-state index in [-0.39, 0.29) is 17.7 Å². The van der Waals surface area contributed by atoms with Crippen molar-refractivity contribution in [3.8, 4) is 0 Å². The summed E-state index contributed by atoms with van der Waals surface area (Å²) in [5.74, 6) is 0.180. The predicted octanol–water partition coefficient (Wildman–Crippen LogP) is 0.809. The van der Waals surface area contributed by atoms with E-state index in [0.29, 0.717) is 6.54 Å². The van der Waals surface area contributed by atoms with Crippen molar-refractivity contribution in [3.63, 3.8) is 0 Å². The van der Waals surface area contributed by atoms with E-state index in [1.165, 1.54) is 5.56 Å². The van der Waals surface area contributed by atoms with E-state index in [0.717, 1.165) is 45.6 Å². The lowest BCUT2D eigenvalue weighted by molar-refractivity contribution is -0.141. The van der Waals surface area contributed by atoms with Gasteiger partial charge in [0.15, 0.2) is 0 Å². The van der Waals surface area contributed by atoms with Crippen LogP contribution in [0.2, 0.25) is 0 Å². The normalized spacial score (nSPS) is 28.1. The van der Waals surface area contributed by atoms with Gasteiger partial charge < -0.3 is 15.0 Å². The van der Waals surface area contributed by atoms with Crippen LogP contribution in [0.3, 0.4) is 0 Å². The molecule has 0 aliphatic carbocycles. The SMILES string of the molecule is O=C1CNCC2OC3(CCN(Cc4ccccc4)CC3)CN12. The van der Waals surface area contributed by atoms with Gasteiger partial charge in [-0.05, 0) is 18.4 Å². The van der Waals surface area contributed by atoms with Crippen LogP contribution in [-0.2, 0) is 16.1 Å². The summed E-state index contributed by atoms with van der Waals surface area (Å²) in [6.07, 6.45) is 1.97. The number of hydrogen-bond donors (Lipinski definition) is 1. The third-order valence-corrected chi connectivity index (χ3v) is 5.12. The van der Waals surface area contributed by atoms with Gasteiger partial charge in [-0.2, -0.15) is 0 Å². The highest BCUT2D eigenvalue weighted by Gasteiger charge is 2.49. The second kappa shape index (κ2) is 5.65. The number of nitrogens with one attached hydrogen (secondary N) is 1. The zero-order valence-corrected chi connectivity index (χ0v) is 12.8. The van der Waals surface area contributed by atoms with Crippen molar-refractivity contribution in [2.24, 2.45) is 0 Å². The number of piperazine rings is 1. The maximum atomic E-state index is 12.0. The first kappa shape index (κ1) is 14.2. The molecule has 0 bridgehead atoms. The molecule has 3 saturated heterocycles. The molecule has 1 spiro atoms. The van der Waals surface area contributed by atoms with E-state index in [9.17, 15) is 4.79 Å². The molecular formula is C17H23N3O2. The van der Waals surface area contributed by atoms with Crippen LogP contribution in [0.1, 0.15) is 18.4 Å². The van der Waals surface area contributed by atoms with Crippen LogP contribution in [0.4, 0.5) is 0 Å². The van der Waals surface area contributed by atoms with E-state index in [2.05, 4.69) is 40.5 Å². The highest BCUT2D eigenvalue weighted by Crippen LogP contribution is 2.36. The number of ether oxygens (including phenoxy) is 1. The summed E-state index contributed by atoms with van der Waals surface area (Å²) in [7, 11) is 0. The van der Waals surface area contributed by atoms with Crippen LogP contribution in [0.15, 0.2) is 30.3 Å². The molecule has 1 unspecified atom stereocenters. The quantitative estimate of drug-likeness (QED) is 0.878. The number of benzene rings is 1. The van der Waals surface area contributed by atoms with Gasteiger partial charge in [0, 0.05) is 26.2 Å². The van der Waals surface area contributed by atoms with Gasteiger partial charge in [0.1, 0.15) is 6.23 Å². The lowest BCUT2D eigenvalue weighted by Crippen LogP contribution is -2.52. The number of nitrogens with zero attached hydrogens (tertiary/aromatic N) is 2. The molecule has 3 heterocycles. The molecule has 1 N–H and O–H groups in total. The molecule has 118 valence electrons. The van der Waals surface area contributed by atoms with Crippen molar-refractivity contribution >= 4 is 5.91 Å². The highest BCUT2D eigenvalue weighted by atomic mass is 16.5. The zero-order chi connectivity index (χ0) is 15.0. The maximum Gasteiger partial charge on any atom is 0.238 e. The third kappa shape index (κ3) is 2.64. The average molecular weight is 301 g/mol. The molecule has 0 aromatic heterocycles. The Hall–Kier alpha value is -1.43. The van der Waals surface area contributed by atoms with Gasteiger partial charge in [-0.15, -0.1) is 0 Å². The number of fused-ring (bicyclic) bond motifs is 1. The first-order valence-corrected chi connectivity index (χ1v) is 8.18. The van der Waals surface area contributed by atoms with Crippen molar-refractivity contribution in [1.82, 2.24) is 15.1 Å². The lowest BCUT2D eigenvalue weighted by Gasteiger charge is -2.38. The minimum atomic E-state index is -0.112. The number of likely N-dealkylation sites (tertiary alicyclic amines) is 1. The number of carbonyl (C=O) groups excluding carboxylic acids is 1. The molecule has 5 nitrogen and oxygen atoms in total.